The van der Waals surface area contributed by atoms with Crippen LogP contribution in [0.2, 0.25) is 5.02 Å². The number of carbonyl (C=O) groups excluding carboxylic acids is 2. The van der Waals surface area contributed by atoms with Crippen LogP contribution in [0, 0.1) is 5.92 Å². The van der Waals surface area contributed by atoms with Crippen molar-refractivity contribution < 1.29 is 31.2 Å². The van der Waals surface area contributed by atoms with E-state index in [0.29, 0.717) is 25.5 Å². The molecule has 0 spiro atoms. The second-order valence-electron chi connectivity index (χ2n) is 6.90. The molecule has 1 aromatic rings. The molecule has 1 atom stereocenters. The van der Waals surface area contributed by atoms with Crippen molar-refractivity contribution in [3.05, 3.63) is 28.8 Å². The maximum atomic E-state index is 12.9. The summed E-state index contributed by atoms with van der Waals surface area (Å²) in [7, 11) is -2.04. The number of hydrogen-bond donors (Lipinski definition) is 1. The molecule has 0 aromatic heterocycles. The SMILES string of the molecule is CN(CC(=O)Nc1ccc(Cl)c(C(F)(F)F)c1)C(=O)C1CCCN(S(C)(=O)=O)C1. The van der Waals surface area contributed by atoms with E-state index in [0.717, 1.165) is 17.2 Å². The number of amides is 2. The van der Waals surface area contributed by atoms with E-state index in [1.54, 1.807) is 0 Å². The van der Waals surface area contributed by atoms with Crippen molar-refractivity contribution in [3.63, 3.8) is 0 Å². The predicted octanol–water partition coefficient (Wildman–Crippen LogP) is 2.43. The maximum absolute atomic E-state index is 12.9. The van der Waals surface area contributed by atoms with Crippen molar-refractivity contribution >= 4 is 39.1 Å². The lowest BCUT2D eigenvalue weighted by molar-refractivity contribution is -0.138. The number of alkyl halides is 3. The smallest absolute Gasteiger partial charge is 0.336 e. The van der Waals surface area contributed by atoms with Crippen molar-refractivity contribution in [3.8, 4) is 0 Å². The average molecular weight is 456 g/mol. The summed E-state index contributed by atoms with van der Waals surface area (Å²) in [6, 6.07) is 2.96. The number of nitrogens with zero attached hydrogens (tertiary/aromatic N) is 2. The number of carbonyl (C=O) groups is 2. The first-order valence-electron chi connectivity index (χ1n) is 8.65. The van der Waals surface area contributed by atoms with Crippen LogP contribution in [0.4, 0.5) is 18.9 Å². The molecule has 0 bridgehead atoms. The van der Waals surface area contributed by atoms with E-state index < -0.39 is 51.1 Å². The Morgan fingerprint density at radius 1 is 1.34 bits per heavy atom. The van der Waals surface area contributed by atoms with Crippen LogP contribution >= 0.6 is 11.6 Å². The predicted molar refractivity (Wildman–Crippen MR) is 102 cm³/mol. The molecule has 1 heterocycles. The molecule has 1 fully saturated rings. The van der Waals surface area contributed by atoms with Crippen molar-refractivity contribution in [1.29, 1.82) is 0 Å². The number of likely N-dealkylation sites (N-methyl/N-ethyl adjacent to an activating group) is 1. The van der Waals surface area contributed by atoms with Crippen molar-refractivity contribution in [2.45, 2.75) is 19.0 Å². The lowest BCUT2D eigenvalue weighted by Crippen LogP contribution is -2.46. The number of anilines is 1. The Morgan fingerprint density at radius 3 is 2.59 bits per heavy atom. The van der Waals surface area contributed by atoms with Gasteiger partial charge in [-0.25, -0.2) is 12.7 Å². The minimum Gasteiger partial charge on any atom is -0.336 e. The molecule has 7 nitrogen and oxygen atoms in total. The Kier molecular flexibility index (Phi) is 7.18. The van der Waals surface area contributed by atoms with E-state index in [1.807, 2.05) is 0 Å². The van der Waals surface area contributed by atoms with Gasteiger partial charge in [0.25, 0.3) is 0 Å². The third-order valence-electron chi connectivity index (χ3n) is 4.51. The first-order valence-corrected chi connectivity index (χ1v) is 10.9. The van der Waals surface area contributed by atoms with Gasteiger partial charge in [-0.05, 0) is 31.0 Å². The van der Waals surface area contributed by atoms with Crippen LogP contribution in [-0.4, -0.2) is 62.4 Å². The first kappa shape index (κ1) is 23.4. The number of piperidine rings is 1. The number of hydrogen-bond acceptors (Lipinski definition) is 4. The number of rotatable bonds is 5. The van der Waals surface area contributed by atoms with Crippen LogP contribution in [0.15, 0.2) is 18.2 Å². The molecule has 0 radical (unpaired) electrons. The van der Waals surface area contributed by atoms with Crippen LogP contribution in [0.3, 0.4) is 0 Å². The number of nitrogens with one attached hydrogen (secondary N) is 1. The fourth-order valence-corrected chi connectivity index (χ4v) is 4.21. The molecule has 1 N–H and O–H groups in total. The van der Waals surface area contributed by atoms with Gasteiger partial charge in [-0.15, -0.1) is 0 Å². The van der Waals surface area contributed by atoms with Crippen LogP contribution in [0.1, 0.15) is 18.4 Å². The fourth-order valence-electron chi connectivity index (χ4n) is 3.07. The molecule has 29 heavy (non-hydrogen) atoms. The molecule has 1 unspecified atom stereocenters. The highest BCUT2D eigenvalue weighted by atomic mass is 35.5. The summed E-state index contributed by atoms with van der Waals surface area (Å²) in [6.45, 7) is -0.0150. The third-order valence-corrected chi connectivity index (χ3v) is 6.11. The monoisotopic (exact) mass is 455 g/mol. The Morgan fingerprint density at radius 2 is 2.00 bits per heavy atom. The van der Waals surface area contributed by atoms with E-state index in [-0.39, 0.29) is 12.2 Å². The van der Waals surface area contributed by atoms with Gasteiger partial charge in [0.2, 0.25) is 21.8 Å². The number of benzene rings is 1. The standard InChI is InChI=1S/C17H21ClF3N3O4S/c1-23(16(26)11-4-3-7-24(9-11)29(2,27)28)10-15(25)22-12-5-6-14(18)13(8-12)17(19,20)21/h5-6,8,11H,3-4,7,9-10H2,1-2H3,(H,22,25). The summed E-state index contributed by atoms with van der Waals surface area (Å²) in [5.41, 5.74) is -1.18. The fraction of sp³-hybridized carbons (Fsp3) is 0.529. The highest BCUT2D eigenvalue weighted by molar-refractivity contribution is 7.88. The van der Waals surface area contributed by atoms with Gasteiger partial charge in [0, 0.05) is 25.8 Å². The van der Waals surface area contributed by atoms with E-state index >= 15 is 0 Å². The lowest BCUT2D eigenvalue weighted by atomic mass is 9.98. The Balaban J connectivity index is 1.99. The summed E-state index contributed by atoms with van der Waals surface area (Å²) in [4.78, 5) is 25.8. The molecule has 1 aromatic carbocycles. The Bertz CT molecular complexity index is 892. The summed E-state index contributed by atoms with van der Waals surface area (Å²) in [5, 5.41) is 1.82. The number of sulfonamides is 1. The van der Waals surface area contributed by atoms with Crippen molar-refractivity contribution in [1.82, 2.24) is 9.21 Å². The van der Waals surface area contributed by atoms with E-state index in [4.69, 9.17) is 11.6 Å². The van der Waals surface area contributed by atoms with Gasteiger partial charge >= 0.3 is 6.18 Å². The second kappa shape index (κ2) is 8.88. The van der Waals surface area contributed by atoms with Crippen LogP contribution in [0.5, 0.6) is 0 Å². The van der Waals surface area contributed by atoms with Gasteiger partial charge in [-0.3, -0.25) is 9.59 Å². The summed E-state index contributed by atoms with van der Waals surface area (Å²) < 4.78 is 63.3. The zero-order valence-electron chi connectivity index (χ0n) is 15.8. The van der Waals surface area contributed by atoms with Gasteiger partial charge in [0.05, 0.1) is 29.3 Å². The molecule has 12 heteroatoms. The molecule has 2 amide bonds. The molecule has 0 saturated carbocycles. The van der Waals surface area contributed by atoms with Crippen LogP contribution in [0.25, 0.3) is 0 Å². The molecule has 1 aliphatic rings. The minimum absolute atomic E-state index is 0.0375. The summed E-state index contributed by atoms with van der Waals surface area (Å²) in [5.74, 6) is -1.67. The van der Waals surface area contributed by atoms with E-state index in [9.17, 15) is 31.2 Å². The number of halogens is 4. The molecule has 0 aliphatic carbocycles. The molecule has 1 saturated heterocycles. The zero-order chi connectivity index (χ0) is 22.0. The van der Waals surface area contributed by atoms with E-state index in [1.165, 1.54) is 17.4 Å². The molecule has 2 rings (SSSR count). The second-order valence-corrected chi connectivity index (χ2v) is 9.28. The molecular formula is C17H21ClF3N3O4S. The summed E-state index contributed by atoms with van der Waals surface area (Å²) >= 11 is 5.54. The van der Waals surface area contributed by atoms with E-state index in [2.05, 4.69) is 5.32 Å². The molecule has 1 aliphatic heterocycles. The first-order chi connectivity index (χ1) is 13.3. The summed E-state index contributed by atoms with van der Waals surface area (Å²) in [6.07, 6.45) is -2.59. The van der Waals surface area contributed by atoms with Crippen LogP contribution in [-0.2, 0) is 25.8 Å². The molecule has 162 valence electrons. The van der Waals surface area contributed by atoms with Gasteiger partial charge < -0.3 is 10.2 Å². The lowest BCUT2D eigenvalue weighted by Gasteiger charge is -2.32. The van der Waals surface area contributed by atoms with Crippen molar-refractivity contribution in [2.24, 2.45) is 5.92 Å². The van der Waals surface area contributed by atoms with Crippen molar-refractivity contribution in [2.75, 3.05) is 38.3 Å². The minimum atomic E-state index is -4.67. The van der Waals surface area contributed by atoms with Crippen LogP contribution < -0.4 is 5.32 Å². The topological polar surface area (TPSA) is 86.8 Å². The largest absolute Gasteiger partial charge is 0.417 e. The van der Waals surface area contributed by atoms with Gasteiger partial charge in [-0.2, -0.15) is 13.2 Å². The Labute approximate surface area is 171 Å². The molecular weight excluding hydrogens is 435 g/mol. The third kappa shape index (κ3) is 6.31. The quantitative estimate of drug-likeness (QED) is 0.738. The highest BCUT2D eigenvalue weighted by Gasteiger charge is 2.34. The van der Waals surface area contributed by atoms with Gasteiger partial charge in [0.1, 0.15) is 0 Å². The van der Waals surface area contributed by atoms with Gasteiger partial charge in [-0.1, -0.05) is 11.6 Å². The van der Waals surface area contributed by atoms with Gasteiger partial charge in [0.15, 0.2) is 0 Å². The zero-order valence-corrected chi connectivity index (χ0v) is 17.4. The maximum Gasteiger partial charge on any atom is 0.417 e. The highest BCUT2D eigenvalue weighted by Crippen LogP contribution is 2.36. The normalized spacial score (nSPS) is 18.3. The average Bonchev–Trinajstić information content (AvgIpc) is 2.61. The Hall–Kier alpha value is -1.85.